The van der Waals surface area contributed by atoms with Crippen molar-refractivity contribution in [3.63, 3.8) is 0 Å². The Kier molecular flexibility index (Phi) is 5.31. The van der Waals surface area contributed by atoms with Crippen molar-refractivity contribution < 1.29 is 18.8 Å². The first-order chi connectivity index (χ1) is 14.5. The van der Waals surface area contributed by atoms with Crippen molar-refractivity contribution in [1.29, 1.82) is 0 Å². The third-order valence-electron chi connectivity index (χ3n) is 4.46. The number of hydrogen-bond acceptors (Lipinski definition) is 8. The number of fused-ring (bicyclic) bond motifs is 1. The second-order valence-corrected chi connectivity index (χ2v) is 6.92. The van der Waals surface area contributed by atoms with Crippen LogP contribution in [0.5, 0.6) is 0 Å². The van der Waals surface area contributed by atoms with Crippen LogP contribution in [0.15, 0.2) is 59.3 Å². The molecule has 10 heteroatoms. The van der Waals surface area contributed by atoms with E-state index in [0.717, 1.165) is 17.1 Å². The largest absolute Gasteiger partial charge is 0.464 e. The van der Waals surface area contributed by atoms with Gasteiger partial charge in [-0.1, -0.05) is 24.3 Å². The van der Waals surface area contributed by atoms with Gasteiger partial charge in [0, 0.05) is 23.6 Å². The number of nitrogens with zero attached hydrogens (tertiary/aromatic N) is 3. The van der Waals surface area contributed by atoms with Gasteiger partial charge in [-0.3, -0.25) is 19.4 Å². The first kappa shape index (κ1) is 19.4. The Morgan fingerprint density at radius 1 is 1.10 bits per heavy atom. The highest BCUT2D eigenvalue weighted by Gasteiger charge is 2.29. The molecule has 0 fully saturated rings. The summed E-state index contributed by atoms with van der Waals surface area (Å²) in [5.74, 6) is -2.72. The topological polar surface area (TPSA) is 141 Å². The van der Waals surface area contributed by atoms with Gasteiger partial charge in [-0.25, -0.2) is 0 Å². The minimum absolute atomic E-state index is 0.0121. The van der Waals surface area contributed by atoms with Gasteiger partial charge >= 0.3 is 0 Å². The normalized spacial score (nSPS) is 11.9. The number of para-hydroxylation sites is 1. The number of rotatable bonds is 7. The highest BCUT2D eigenvalue weighted by molar-refractivity contribution is 6.99. The third kappa shape index (κ3) is 3.80. The molecule has 0 saturated carbocycles. The fourth-order valence-corrected chi connectivity index (χ4v) is 3.58. The molecule has 3 N–H and O–H groups in total. The maximum absolute atomic E-state index is 12.9. The molecule has 4 rings (SSSR count). The summed E-state index contributed by atoms with van der Waals surface area (Å²) < 4.78 is 13.6. The molecule has 3 aromatic heterocycles. The van der Waals surface area contributed by atoms with Gasteiger partial charge in [-0.2, -0.15) is 8.75 Å². The zero-order valence-electron chi connectivity index (χ0n) is 15.4. The average molecular weight is 421 g/mol. The Balaban J connectivity index is 1.62. The molecule has 0 saturated heterocycles. The molecule has 0 aliphatic heterocycles. The number of primary amides is 1. The standard InChI is InChI=1S/C20H15N5O4S/c21-19(27)18(26)14(9-11-10-29-15-7-2-1-5-12(11)15)23-20(28)17-16(24-30-25-17)13-6-3-4-8-22-13/h1-8,10,14H,9H2,(H2,21,27)(H,23,28). The molecule has 0 radical (unpaired) electrons. The van der Waals surface area contributed by atoms with Gasteiger partial charge in [0.05, 0.1) is 23.7 Å². The molecule has 0 bridgehead atoms. The second kappa shape index (κ2) is 8.21. The predicted octanol–water partition coefficient (Wildman–Crippen LogP) is 1.74. The average Bonchev–Trinajstić information content (AvgIpc) is 3.41. The van der Waals surface area contributed by atoms with Gasteiger partial charge in [0.25, 0.3) is 11.8 Å². The number of ketones is 1. The van der Waals surface area contributed by atoms with E-state index in [9.17, 15) is 14.4 Å². The smallest absolute Gasteiger partial charge is 0.287 e. The van der Waals surface area contributed by atoms with Crippen LogP contribution in [-0.4, -0.2) is 37.4 Å². The van der Waals surface area contributed by atoms with Crippen LogP contribution >= 0.6 is 11.7 Å². The first-order valence-electron chi connectivity index (χ1n) is 8.88. The summed E-state index contributed by atoms with van der Waals surface area (Å²) in [5, 5.41) is 3.34. The number of benzene rings is 1. The molecular weight excluding hydrogens is 406 g/mol. The van der Waals surface area contributed by atoms with Crippen molar-refractivity contribution in [2.24, 2.45) is 5.73 Å². The molecule has 4 aromatic rings. The molecule has 1 atom stereocenters. The first-order valence-corrected chi connectivity index (χ1v) is 9.61. The monoisotopic (exact) mass is 421 g/mol. The molecule has 30 heavy (non-hydrogen) atoms. The molecule has 1 aromatic carbocycles. The van der Waals surface area contributed by atoms with E-state index >= 15 is 0 Å². The lowest BCUT2D eigenvalue weighted by molar-refractivity contribution is -0.137. The molecule has 0 aliphatic carbocycles. The predicted molar refractivity (Wildman–Crippen MR) is 109 cm³/mol. The Hall–Kier alpha value is -3.92. The number of furan rings is 1. The van der Waals surface area contributed by atoms with Gasteiger partial charge in [-0.05, 0) is 18.2 Å². The molecule has 2 amide bonds. The van der Waals surface area contributed by atoms with Crippen molar-refractivity contribution in [3.8, 4) is 11.4 Å². The number of hydrogen-bond donors (Lipinski definition) is 2. The van der Waals surface area contributed by atoms with Crippen molar-refractivity contribution in [3.05, 3.63) is 66.2 Å². The lowest BCUT2D eigenvalue weighted by Gasteiger charge is -2.15. The lowest BCUT2D eigenvalue weighted by Crippen LogP contribution is -2.47. The Morgan fingerprint density at radius 3 is 2.67 bits per heavy atom. The van der Waals surface area contributed by atoms with Gasteiger partial charge in [-0.15, -0.1) is 0 Å². The van der Waals surface area contributed by atoms with Crippen LogP contribution in [0.3, 0.4) is 0 Å². The highest BCUT2D eigenvalue weighted by Crippen LogP contribution is 2.23. The van der Waals surface area contributed by atoms with E-state index in [2.05, 4.69) is 19.0 Å². The Bertz CT molecular complexity index is 1230. The molecule has 9 nitrogen and oxygen atoms in total. The molecular formula is C20H15N5O4S. The van der Waals surface area contributed by atoms with E-state index in [4.69, 9.17) is 10.2 Å². The Labute approximate surface area is 174 Å². The van der Waals surface area contributed by atoms with Crippen LogP contribution in [0.2, 0.25) is 0 Å². The van der Waals surface area contributed by atoms with Crippen LogP contribution in [0.4, 0.5) is 0 Å². The van der Waals surface area contributed by atoms with Crippen molar-refractivity contribution in [2.45, 2.75) is 12.5 Å². The van der Waals surface area contributed by atoms with Crippen LogP contribution in [0.1, 0.15) is 16.1 Å². The number of carbonyl (C=O) groups excluding carboxylic acids is 3. The summed E-state index contributed by atoms with van der Waals surface area (Å²) in [5.41, 5.74) is 7.25. The number of nitrogens with one attached hydrogen (secondary N) is 1. The van der Waals surface area contributed by atoms with Gasteiger partial charge in [0.1, 0.15) is 17.3 Å². The summed E-state index contributed by atoms with van der Waals surface area (Å²) >= 11 is 0.846. The zero-order valence-corrected chi connectivity index (χ0v) is 16.3. The minimum Gasteiger partial charge on any atom is -0.464 e. The second-order valence-electron chi connectivity index (χ2n) is 6.39. The summed E-state index contributed by atoms with van der Waals surface area (Å²) in [4.78, 5) is 41.0. The highest BCUT2D eigenvalue weighted by atomic mass is 32.1. The summed E-state index contributed by atoms with van der Waals surface area (Å²) in [6.45, 7) is 0. The zero-order chi connectivity index (χ0) is 21.1. The number of carbonyl (C=O) groups is 3. The van der Waals surface area contributed by atoms with Gasteiger partial charge in [0.15, 0.2) is 5.69 Å². The van der Waals surface area contributed by atoms with Crippen LogP contribution in [0, 0.1) is 0 Å². The van der Waals surface area contributed by atoms with E-state index in [1.807, 2.05) is 18.2 Å². The number of aromatic nitrogens is 3. The van der Waals surface area contributed by atoms with Crippen LogP contribution in [-0.2, 0) is 16.0 Å². The minimum atomic E-state index is -1.19. The lowest BCUT2D eigenvalue weighted by atomic mass is 10.0. The summed E-state index contributed by atoms with van der Waals surface area (Å²) in [6.07, 6.45) is 3.09. The summed E-state index contributed by atoms with van der Waals surface area (Å²) in [7, 11) is 0. The van der Waals surface area contributed by atoms with E-state index in [1.54, 1.807) is 30.5 Å². The van der Waals surface area contributed by atoms with Crippen molar-refractivity contribution in [1.82, 2.24) is 19.0 Å². The fraction of sp³-hybridized carbons (Fsp3) is 0.100. The summed E-state index contributed by atoms with van der Waals surface area (Å²) in [6, 6.07) is 11.2. The van der Waals surface area contributed by atoms with E-state index < -0.39 is 23.6 Å². The molecule has 0 spiro atoms. The van der Waals surface area contributed by atoms with E-state index in [0.29, 0.717) is 16.8 Å². The number of amides is 2. The van der Waals surface area contributed by atoms with Crippen LogP contribution in [0.25, 0.3) is 22.4 Å². The van der Waals surface area contributed by atoms with Crippen LogP contribution < -0.4 is 11.1 Å². The Morgan fingerprint density at radius 2 is 1.90 bits per heavy atom. The fourth-order valence-electron chi connectivity index (χ4n) is 3.03. The van der Waals surface area contributed by atoms with E-state index in [1.165, 1.54) is 6.26 Å². The third-order valence-corrected chi connectivity index (χ3v) is 4.99. The number of pyridine rings is 1. The van der Waals surface area contributed by atoms with E-state index in [-0.39, 0.29) is 17.8 Å². The SMILES string of the molecule is NC(=O)C(=O)C(Cc1coc2ccccc12)NC(=O)c1nsnc1-c1ccccn1. The number of Topliss-reactive ketones (excluding diaryl/α,β-unsaturated/α-hetero) is 1. The number of nitrogens with two attached hydrogens (primary N) is 1. The van der Waals surface area contributed by atoms with Crippen molar-refractivity contribution >= 4 is 40.3 Å². The van der Waals surface area contributed by atoms with Gasteiger partial charge < -0.3 is 15.5 Å². The molecule has 150 valence electrons. The van der Waals surface area contributed by atoms with Gasteiger partial charge in [0.2, 0.25) is 5.78 Å². The maximum Gasteiger partial charge on any atom is 0.287 e. The molecule has 1 unspecified atom stereocenters. The van der Waals surface area contributed by atoms with Crippen molar-refractivity contribution in [2.75, 3.05) is 0 Å². The molecule has 3 heterocycles. The molecule has 0 aliphatic rings. The quantitative estimate of drug-likeness (QED) is 0.433. The maximum atomic E-state index is 12.9.